The van der Waals surface area contributed by atoms with Gasteiger partial charge in [0.1, 0.15) is 5.82 Å². The minimum absolute atomic E-state index is 0.109. The highest BCUT2D eigenvalue weighted by atomic mass is 79.9. The first-order chi connectivity index (χ1) is 11.1. The Kier molecular flexibility index (Phi) is 4.81. The van der Waals surface area contributed by atoms with Crippen molar-refractivity contribution in [1.29, 1.82) is 0 Å². The molecule has 0 aliphatic carbocycles. The first-order valence-corrected chi connectivity index (χ1v) is 8.23. The van der Waals surface area contributed by atoms with Crippen LogP contribution < -0.4 is 10.2 Å². The van der Waals surface area contributed by atoms with E-state index >= 15 is 0 Å². The number of hydrogen-bond acceptors (Lipinski definition) is 2. The van der Waals surface area contributed by atoms with Crippen LogP contribution in [-0.4, -0.2) is 37.1 Å². The van der Waals surface area contributed by atoms with Crippen LogP contribution in [-0.2, 0) is 0 Å². The number of anilines is 2. The summed E-state index contributed by atoms with van der Waals surface area (Å²) in [4.78, 5) is 16.2. The molecule has 1 saturated heterocycles. The Labute approximate surface area is 143 Å². The van der Waals surface area contributed by atoms with Crippen molar-refractivity contribution >= 4 is 33.3 Å². The van der Waals surface area contributed by atoms with Crippen LogP contribution in [0.4, 0.5) is 20.6 Å². The SMILES string of the molecule is O=C(Nc1cccc(Br)c1)N1CCN(c2cccc(F)c2)CC1. The third-order valence-corrected chi connectivity index (χ3v) is 4.31. The first-order valence-electron chi connectivity index (χ1n) is 7.44. The number of nitrogens with zero attached hydrogens (tertiary/aromatic N) is 2. The molecule has 2 amide bonds. The largest absolute Gasteiger partial charge is 0.368 e. The Morgan fingerprint density at radius 2 is 1.78 bits per heavy atom. The highest BCUT2D eigenvalue weighted by Gasteiger charge is 2.21. The number of rotatable bonds is 2. The van der Waals surface area contributed by atoms with Gasteiger partial charge in [-0.15, -0.1) is 0 Å². The molecule has 0 bridgehead atoms. The summed E-state index contributed by atoms with van der Waals surface area (Å²) in [6, 6.07) is 13.9. The van der Waals surface area contributed by atoms with Gasteiger partial charge in [0.05, 0.1) is 0 Å². The number of benzene rings is 2. The highest BCUT2D eigenvalue weighted by Crippen LogP contribution is 2.19. The van der Waals surface area contributed by atoms with Crippen molar-refractivity contribution in [2.75, 3.05) is 36.4 Å². The molecule has 1 aliphatic heterocycles. The van der Waals surface area contributed by atoms with Crippen molar-refractivity contribution in [3.05, 3.63) is 58.8 Å². The summed E-state index contributed by atoms with van der Waals surface area (Å²) in [5.41, 5.74) is 1.62. The molecular formula is C17H17BrFN3O. The summed E-state index contributed by atoms with van der Waals surface area (Å²) in [5.74, 6) is -0.239. The van der Waals surface area contributed by atoms with E-state index in [9.17, 15) is 9.18 Å². The van der Waals surface area contributed by atoms with Gasteiger partial charge in [-0.2, -0.15) is 0 Å². The number of amides is 2. The van der Waals surface area contributed by atoms with E-state index in [1.54, 1.807) is 11.0 Å². The number of urea groups is 1. The topological polar surface area (TPSA) is 35.6 Å². The van der Waals surface area contributed by atoms with Gasteiger partial charge in [-0.1, -0.05) is 28.1 Å². The quantitative estimate of drug-likeness (QED) is 0.859. The predicted molar refractivity (Wildman–Crippen MR) is 93.3 cm³/mol. The highest BCUT2D eigenvalue weighted by molar-refractivity contribution is 9.10. The zero-order valence-corrected chi connectivity index (χ0v) is 14.1. The van der Waals surface area contributed by atoms with Crippen molar-refractivity contribution in [2.24, 2.45) is 0 Å². The molecule has 120 valence electrons. The lowest BCUT2D eigenvalue weighted by atomic mass is 10.2. The number of halogens is 2. The van der Waals surface area contributed by atoms with Crippen LogP contribution in [0.2, 0.25) is 0 Å². The van der Waals surface area contributed by atoms with Crippen LogP contribution in [0.5, 0.6) is 0 Å². The van der Waals surface area contributed by atoms with Crippen molar-refractivity contribution in [3.63, 3.8) is 0 Å². The zero-order valence-electron chi connectivity index (χ0n) is 12.5. The van der Waals surface area contributed by atoms with Crippen LogP contribution in [0.25, 0.3) is 0 Å². The summed E-state index contributed by atoms with van der Waals surface area (Å²) in [5, 5.41) is 2.89. The Morgan fingerprint density at radius 1 is 1.04 bits per heavy atom. The van der Waals surface area contributed by atoms with Gasteiger partial charge >= 0.3 is 6.03 Å². The molecule has 1 N–H and O–H groups in total. The van der Waals surface area contributed by atoms with Crippen molar-refractivity contribution in [1.82, 2.24) is 4.90 Å². The van der Waals surface area contributed by atoms with Crippen molar-refractivity contribution < 1.29 is 9.18 Å². The first kappa shape index (κ1) is 15.8. The molecule has 0 unspecified atom stereocenters. The summed E-state index contributed by atoms with van der Waals surface area (Å²) in [7, 11) is 0. The van der Waals surface area contributed by atoms with Gasteiger partial charge in [0.2, 0.25) is 0 Å². The third kappa shape index (κ3) is 4.01. The summed E-state index contributed by atoms with van der Waals surface area (Å²) in [6.07, 6.45) is 0. The monoisotopic (exact) mass is 377 g/mol. The van der Waals surface area contributed by atoms with Gasteiger partial charge in [0.15, 0.2) is 0 Å². The van der Waals surface area contributed by atoms with Crippen LogP contribution >= 0.6 is 15.9 Å². The maximum absolute atomic E-state index is 13.3. The third-order valence-electron chi connectivity index (χ3n) is 3.82. The van der Waals surface area contributed by atoms with E-state index in [0.717, 1.165) is 15.8 Å². The van der Waals surface area contributed by atoms with E-state index in [0.29, 0.717) is 26.2 Å². The second kappa shape index (κ2) is 7.00. The molecule has 4 nitrogen and oxygen atoms in total. The van der Waals surface area contributed by atoms with E-state index in [4.69, 9.17) is 0 Å². The van der Waals surface area contributed by atoms with E-state index in [1.165, 1.54) is 12.1 Å². The fourth-order valence-corrected chi connectivity index (χ4v) is 3.01. The molecule has 0 saturated carbocycles. The van der Waals surface area contributed by atoms with Gasteiger partial charge in [-0.25, -0.2) is 9.18 Å². The molecule has 1 fully saturated rings. The molecule has 1 heterocycles. The molecule has 1 aliphatic rings. The number of carbonyl (C=O) groups excluding carboxylic acids is 1. The Bertz CT molecular complexity index is 702. The number of carbonyl (C=O) groups is 1. The fourth-order valence-electron chi connectivity index (χ4n) is 2.61. The Balaban J connectivity index is 1.57. The summed E-state index contributed by atoms with van der Waals surface area (Å²) >= 11 is 3.39. The van der Waals surface area contributed by atoms with Crippen LogP contribution in [0.1, 0.15) is 0 Å². The van der Waals surface area contributed by atoms with Gasteiger partial charge < -0.3 is 15.1 Å². The van der Waals surface area contributed by atoms with Crippen LogP contribution in [0, 0.1) is 5.82 Å². The lowest BCUT2D eigenvalue weighted by Crippen LogP contribution is -2.50. The summed E-state index contributed by atoms with van der Waals surface area (Å²) < 4.78 is 14.2. The van der Waals surface area contributed by atoms with Crippen molar-refractivity contribution in [3.8, 4) is 0 Å². The van der Waals surface area contributed by atoms with E-state index in [1.807, 2.05) is 30.3 Å². The molecule has 2 aromatic carbocycles. The molecule has 0 radical (unpaired) electrons. The molecule has 0 aromatic heterocycles. The minimum atomic E-state index is -0.239. The van der Waals surface area contributed by atoms with Crippen LogP contribution in [0.15, 0.2) is 53.0 Å². The standard InChI is InChI=1S/C17H17BrFN3O/c18-13-3-1-5-15(11-13)20-17(23)22-9-7-21(8-10-22)16-6-2-4-14(19)12-16/h1-6,11-12H,7-10H2,(H,20,23). The fraction of sp³-hybridized carbons (Fsp3) is 0.235. The van der Waals surface area contributed by atoms with E-state index in [2.05, 4.69) is 26.1 Å². The normalized spacial score (nSPS) is 14.7. The lowest BCUT2D eigenvalue weighted by Gasteiger charge is -2.36. The maximum Gasteiger partial charge on any atom is 0.321 e. The maximum atomic E-state index is 13.3. The minimum Gasteiger partial charge on any atom is -0.368 e. The molecular weight excluding hydrogens is 361 g/mol. The zero-order chi connectivity index (χ0) is 16.2. The van der Waals surface area contributed by atoms with E-state index in [-0.39, 0.29) is 11.8 Å². The number of nitrogens with one attached hydrogen (secondary N) is 1. The summed E-state index contributed by atoms with van der Waals surface area (Å²) in [6.45, 7) is 2.59. The molecule has 0 spiro atoms. The molecule has 2 aromatic rings. The average molecular weight is 378 g/mol. The van der Waals surface area contributed by atoms with Gasteiger partial charge in [-0.3, -0.25) is 0 Å². The predicted octanol–water partition coefficient (Wildman–Crippen LogP) is 3.94. The van der Waals surface area contributed by atoms with Crippen molar-refractivity contribution in [2.45, 2.75) is 0 Å². The Morgan fingerprint density at radius 3 is 2.48 bits per heavy atom. The number of piperazine rings is 1. The lowest BCUT2D eigenvalue weighted by molar-refractivity contribution is 0.208. The molecule has 0 atom stereocenters. The van der Waals surface area contributed by atoms with Gasteiger partial charge in [0.25, 0.3) is 0 Å². The molecule has 6 heteroatoms. The van der Waals surface area contributed by atoms with Gasteiger partial charge in [-0.05, 0) is 36.4 Å². The second-order valence-corrected chi connectivity index (χ2v) is 6.31. The second-order valence-electron chi connectivity index (χ2n) is 5.39. The van der Waals surface area contributed by atoms with Crippen LogP contribution in [0.3, 0.4) is 0 Å². The number of hydrogen-bond donors (Lipinski definition) is 1. The smallest absolute Gasteiger partial charge is 0.321 e. The molecule has 23 heavy (non-hydrogen) atoms. The van der Waals surface area contributed by atoms with Gasteiger partial charge in [0, 0.05) is 42.0 Å². The molecule has 3 rings (SSSR count). The van der Waals surface area contributed by atoms with E-state index < -0.39 is 0 Å². The Hall–Kier alpha value is -2.08. The average Bonchev–Trinajstić information content (AvgIpc) is 2.55.